The quantitative estimate of drug-likeness (QED) is 0.221. The number of rotatable bonds is 14. The van der Waals surface area contributed by atoms with Gasteiger partial charge in [0.1, 0.15) is 18.1 Å². The second-order valence-electron chi connectivity index (χ2n) is 9.26. The summed E-state index contributed by atoms with van der Waals surface area (Å²) in [4.78, 5) is 49.6. The average molecular weight is 479 g/mol. The Bertz CT molecular complexity index is 815. The van der Waals surface area contributed by atoms with Crippen LogP contribution in [0.3, 0.4) is 0 Å². The third kappa shape index (κ3) is 10.3. The van der Waals surface area contributed by atoms with E-state index in [1.165, 1.54) is 0 Å². The maximum absolute atomic E-state index is 13.1. The van der Waals surface area contributed by atoms with Gasteiger partial charge in [-0.25, -0.2) is 4.79 Å². The van der Waals surface area contributed by atoms with E-state index in [-0.39, 0.29) is 18.3 Å². The molecule has 0 aliphatic heterocycles. The molecule has 0 bridgehead atoms. The zero-order chi connectivity index (χ0) is 25.8. The molecule has 4 unspecified atom stereocenters. The smallest absolute Gasteiger partial charge is 0.328 e. The van der Waals surface area contributed by atoms with Crippen molar-refractivity contribution in [1.82, 2.24) is 16.0 Å². The first-order chi connectivity index (χ1) is 15.9. The highest BCUT2D eigenvalue weighted by Gasteiger charge is 2.31. The first-order valence-corrected chi connectivity index (χ1v) is 11.5. The molecule has 0 fully saturated rings. The van der Waals surface area contributed by atoms with Crippen LogP contribution in [0, 0.1) is 11.8 Å². The summed E-state index contributed by atoms with van der Waals surface area (Å²) >= 11 is 0. The Balaban J connectivity index is 2.92. The van der Waals surface area contributed by atoms with Crippen molar-refractivity contribution in [3.05, 3.63) is 35.9 Å². The Labute approximate surface area is 200 Å². The molecule has 1 aromatic rings. The molecular weight excluding hydrogens is 440 g/mol. The highest BCUT2D eigenvalue weighted by Crippen LogP contribution is 2.10. The van der Waals surface area contributed by atoms with E-state index < -0.39 is 54.5 Å². The largest absolute Gasteiger partial charge is 0.480 e. The monoisotopic (exact) mass is 478 g/mol. The van der Waals surface area contributed by atoms with E-state index in [0.717, 1.165) is 5.56 Å². The van der Waals surface area contributed by atoms with Gasteiger partial charge < -0.3 is 31.9 Å². The lowest BCUT2D eigenvalue weighted by Crippen LogP contribution is -2.58. The molecule has 1 aromatic carbocycles. The number of nitrogens with two attached hydrogens (primary N) is 1. The van der Waals surface area contributed by atoms with E-state index in [9.17, 15) is 24.3 Å². The molecule has 0 aliphatic rings. The molecule has 4 atom stereocenters. The highest BCUT2D eigenvalue weighted by atomic mass is 16.4. The molecule has 7 N–H and O–H groups in total. The fraction of sp³-hybridized carbons (Fsp3) is 0.583. The summed E-state index contributed by atoms with van der Waals surface area (Å²) in [6, 6.07) is 4.97. The van der Waals surface area contributed by atoms with Crippen molar-refractivity contribution in [3.8, 4) is 0 Å². The second-order valence-corrected chi connectivity index (χ2v) is 9.26. The minimum absolute atomic E-state index is 0.00545. The summed E-state index contributed by atoms with van der Waals surface area (Å²) in [7, 11) is 0. The van der Waals surface area contributed by atoms with Gasteiger partial charge in [-0.2, -0.15) is 0 Å². The minimum Gasteiger partial charge on any atom is -0.480 e. The number of carboxylic acids is 1. The van der Waals surface area contributed by atoms with Crippen LogP contribution in [0.1, 0.15) is 46.1 Å². The van der Waals surface area contributed by atoms with E-state index in [1.807, 2.05) is 58.0 Å². The van der Waals surface area contributed by atoms with E-state index in [1.54, 1.807) is 0 Å². The Hall–Kier alpha value is -2.98. The number of carbonyl (C=O) groups is 4. The van der Waals surface area contributed by atoms with E-state index in [4.69, 9.17) is 10.8 Å². The van der Waals surface area contributed by atoms with Crippen LogP contribution in [0.4, 0.5) is 0 Å². The first kappa shape index (κ1) is 29.1. The number of aliphatic hydroxyl groups excluding tert-OH is 1. The zero-order valence-electron chi connectivity index (χ0n) is 20.3. The lowest BCUT2D eigenvalue weighted by atomic mass is 9.99. The maximum atomic E-state index is 13.1. The van der Waals surface area contributed by atoms with Crippen LogP contribution in [-0.2, 0) is 25.6 Å². The number of amides is 3. The van der Waals surface area contributed by atoms with Crippen molar-refractivity contribution in [2.45, 2.75) is 71.1 Å². The molecule has 0 radical (unpaired) electrons. The third-order valence-corrected chi connectivity index (χ3v) is 5.11. The van der Waals surface area contributed by atoms with Crippen LogP contribution < -0.4 is 21.7 Å². The van der Waals surface area contributed by atoms with E-state index in [2.05, 4.69) is 16.0 Å². The normalized spacial score (nSPS) is 14.7. The first-order valence-electron chi connectivity index (χ1n) is 11.5. The standard InChI is InChI=1S/C24H38N4O6/c1-14(2)10-18(26-21(30)17(25)12-16-8-6-5-7-9-16)22(31)27-19(11-15(3)4)23(32)28-20(13-29)24(33)34/h5-9,14-15,17-20,29H,10-13,25H2,1-4H3,(H,26,30)(H,27,31)(H,28,32)(H,33,34). The molecule has 3 amide bonds. The number of aliphatic carboxylic acids is 1. The third-order valence-electron chi connectivity index (χ3n) is 5.11. The molecule has 1 rings (SSSR count). The molecular formula is C24H38N4O6. The summed E-state index contributed by atoms with van der Waals surface area (Å²) in [5.74, 6) is -3.09. The van der Waals surface area contributed by atoms with Crippen molar-refractivity contribution >= 4 is 23.7 Å². The van der Waals surface area contributed by atoms with Crippen LogP contribution in [-0.4, -0.2) is 64.7 Å². The van der Waals surface area contributed by atoms with Crippen LogP contribution in [0.2, 0.25) is 0 Å². The maximum Gasteiger partial charge on any atom is 0.328 e. The van der Waals surface area contributed by atoms with Crippen molar-refractivity contribution in [2.24, 2.45) is 17.6 Å². The van der Waals surface area contributed by atoms with Gasteiger partial charge in [0.05, 0.1) is 12.6 Å². The van der Waals surface area contributed by atoms with Crippen molar-refractivity contribution in [3.63, 3.8) is 0 Å². The van der Waals surface area contributed by atoms with Crippen LogP contribution >= 0.6 is 0 Å². The molecule has 0 saturated heterocycles. The SMILES string of the molecule is CC(C)CC(NC(=O)C(N)Cc1ccccc1)C(=O)NC(CC(C)C)C(=O)NC(CO)C(=O)O. The zero-order valence-corrected chi connectivity index (χ0v) is 20.3. The van der Waals surface area contributed by atoms with Gasteiger partial charge in [0.25, 0.3) is 0 Å². The average Bonchev–Trinajstić information content (AvgIpc) is 2.75. The number of benzene rings is 1. The molecule has 0 spiro atoms. The van der Waals surface area contributed by atoms with Gasteiger partial charge >= 0.3 is 5.97 Å². The predicted octanol–water partition coefficient (Wildman–Crippen LogP) is 0.180. The number of hydrogen-bond donors (Lipinski definition) is 6. The fourth-order valence-electron chi connectivity index (χ4n) is 3.38. The van der Waals surface area contributed by atoms with Gasteiger partial charge in [-0.3, -0.25) is 14.4 Å². The highest BCUT2D eigenvalue weighted by molar-refractivity contribution is 5.94. The molecule has 0 aromatic heterocycles. The van der Waals surface area contributed by atoms with Gasteiger partial charge in [0, 0.05) is 0 Å². The Morgan fingerprint density at radius 3 is 1.65 bits per heavy atom. The van der Waals surface area contributed by atoms with E-state index >= 15 is 0 Å². The van der Waals surface area contributed by atoms with Crippen molar-refractivity contribution in [2.75, 3.05) is 6.61 Å². The molecule has 10 nitrogen and oxygen atoms in total. The molecule has 0 aliphatic carbocycles. The van der Waals surface area contributed by atoms with Gasteiger partial charge in [-0.15, -0.1) is 0 Å². The molecule has 0 saturated carbocycles. The molecule has 0 heterocycles. The number of hydrogen-bond acceptors (Lipinski definition) is 6. The van der Waals surface area contributed by atoms with Crippen molar-refractivity contribution in [1.29, 1.82) is 0 Å². The summed E-state index contributed by atoms with van der Waals surface area (Å²) in [6.45, 7) is 6.71. The number of nitrogens with one attached hydrogen (secondary N) is 3. The molecule has 190 valence electrons. The second kappa shape index (κ2) is 14.3. The predicted molar refractivity (Wildman–Crippen MR) is 128 cm³/mol. The topological polar surface area (TPSA) is 171 Å². The Kier molecular flexibility index (Phi) is 12.2. The number of carbonyl (C=O) groups excluding carboxylic acids is 3. The number of carboxylic acid groups (broad SMARTS) is 1. The number of aliphatic hydroxyl groups is 1. The van der Waals surface area contributed by atoms with Crippen molar-refractivity contribution < 1.29 is 29.4 Å². The summed E-state index contributed by atoms with van der Waals surface area (Å²) in [5.41, 5.74) is 6.94. The van der Waals surface area contributed by atoms with Crippen LogP contribution in [0.15, 0.2) is 30.3 Å². The molecule has 34 heavy (non-hydrogen) atoms. The summed E-state index contributed by atoms with van der Waals surface area (Å²) < 4.78 is 0. The molecule has 10 heteroatoms. The minimum atomic E-state index is -1.48. The lowest BCUT2D eigenvalue weighted by molar-refractivity contribution is -0.143. The van der Waals surface area contributed by atoms with E-state index in [0.29, 0.717) is 12.8 Å². The summed E-state index contributed by atoms with van der Waals surface area (Å²) in [6.07, 6.45) is 0.865. The lowest BCUT2D eigenvalue weighted by Gasteiger charge is -2.26. The Morgan fingerprint density at radius 2 is 1.24 bits per heavy atom. The van der Waals surface area contributed by atoms with Gasteiger partial charge in [0.2, 0.25) is 17.7 Å². The van der Waals surface area contributed by atoms with Gasteiger partial charge in [0.15, 0.2) is 0 Å². The van der Waals surface area contributed by atoms with Crippen LogP contribution in [0.25, 0.3) is 0 Å². The van der Waals surface area contributed by atoms with Crippen LogP contribution in [0.5, 0.6) is 0 Å². The van der Waals surface area contributed by atoms with Gasteiger partial charge in [-0.05, 0) is 36.7 Å². The summed E-state index contributed by atoms with van der Waals surface area (Å²) in [5, 5.41) is 25.8. The fourth-order valence-corrected chi connectivity index (χ4v) is 3.38. The van der Waals surface area contributed by atoms with Gasteiger partial charge in [-0.1, -0.05) is 58.0 Å². The Morgan fingerprint density at radius 1 is 0.794 bits per heavy atom.